The van der Waals surface area contributed by atoms with Crippen molar-refractivity contribution < 1.29 is 14.6 Å². The predicted molar refractivity (Wildman–Crippen MR) is 177 cm³/mol. The van der Waals surface area contributed by atoms with Gasteiger partial charge in [-0.05, 0) is 79.7 Å². The smallest absolute Gasteiger partial charge is 0.237 e. The molecular formula is C36H56N6O3. The molecule has 1 aromatic heterocycles. The molecule has 9 heteroatoms. The highest BCUT2D eigenvalue weighted by atomic mass is 16.5. The Labute approximate surface area is 269 Å². The van der Waals surface area contributed by atoms with E-state index in [4.69, 9.17) is 4.74 Å². The lowest BCUT2D eigenvalue weighted by atomic mass is 9.67. The minimum atomic E-state index is -0.605. The number of aliphatic hydroxyl groups is 1. The molecule has 1 spiro atoms. The van der Waals surface area contributed by atoms with Crippen molar-refractivity contribution in [1.29, 1.82) is 0 Å². The average molecular weight is 621 g/mol. The van der Waals surface area contributed by atoms with Crippen LogP contribution in [0, 0.1) is 12.3 Å². The zero-order valence-corrected chi connectivity index (χ0v) is 27.7. The lowest BCUT2D eigenvalue weighted by molar-refractivity contribution is -0.125. The Hall–Kier alpha value is -2.46. The zero-order valence-electron chi connectivity index (χ0n) is 27.7. The van der Waals surface area contributed by atoms with Gasteiger partial charge in [-0.25, -0.2) is 0 Å². The molecule has 0 radical (unpaired) electrons. The fourth-order valence-electron chi connectivity index (χ4n) is 8.22. The monoisotopic (exact) mass is 620 g/mol. The largest absolute Gasteiger partial charge is 0.487 e. The maximum absolute atomic E-state index is 13.4. The topological polar surface area (TPSA) is 104 Å². The number of nitrogens with zero attached hydrogens (tertiary/aromatic N) is 3. The molecule has 2 saturated carbocycles. The summed E-state index contributed by atoms with van der Waals surface area (Å²) < 4.78 is 7.98. The van der Waals surface area contributed by atoms with Gasteiger partial charge in [-0.3, -0.25) is 14.4 Å². The third kappa shape index (κ3) is 7.92. The number of aryl methyl sites for hydroxylation is 1. The highest BCUT2D eigenvalue weighted by Gasteiger charge is 2.45. The highest BCUT2D eigenvalue weighted by Crippen LogP contribution is 2.41. The summed E-state index contributed by atoms with van der Waals surface area (Å²) in [6, 6.07) is 7.01. The van der Waals surface area contributed by atoms with Gasteiger partial charge in [-0.1, -0.05) is 51.0 Å². The second-order valence-corrected chi connectivity index (χ2v) is 14.4. The molecule has 0 bridgehead atoms. The van der Waals surface area contributed by atoms with Crippen LogP contribution in [0.2, 0.25) is 0 Å². The van der Waals surface area contributed by atoms with E-state index in [0.717, 1.165) is 43.9 Å². The van der Waals surface area contributed by atoms with E-state index in [1.807, 2.05) is 17.8 Å². The third-order valence-electron chi connectivity index (χ3n) is 11.4. The van der Waals surface area contributed by atoms with Gasteiger partial charge in [0.25, 0.3) is 0 Å². The molecule has 3 atom stereocenters. The normalized spacial score (nSPS) is 25.0. The molecule has 2 aliphatic heterocycles. The fourth-order valence-corrected chi connectivity index (χ4v) is 8.22. The van der Waals surface area contributed by atoms with E-state index in [2.05, 4.69) is 45.0 Å². The molecule has 2 aromatic rings. The maximum Gasteiger partial charge on any atom is 0.237 e. The molecule has 2 aliphatic carbocycles. The molecule has 4 aliphatic rings. The summed E-state index contributed by atoms with van der Waals surface area (Å²) in [5.41, 5.74) is 5.13. The van der Waals surface area contributed by atoms with Crippen LogP contribution in [0.1, 0.15) is 99.4 Å². The van der Waals surface area contributed by atoms with Crippen LogP contribution >= 0.6 is 0 Å². The number of nitrogens with one attached hydrogen (secondary N) is 3. The Bertz CT molecular complexity index is 1270. The third-order valence-corrected chi connectivity index (χ3v) is 11.4. The van der Waals surface area contributed by atoms with Crippen molar-refractivity contribution in [3.8, 4) is 5.75 Å². The maximum atomic E-state index is 13.4. The molecular weight excluding hydrogens is 564 g/mol. The molecule has 248 valence electrons. The second-order valence-electron chi connectivity index (χ2n) is 14.4. The number of aliphatic hydroxyl groups excluding tert-OH is 1. The zero-order chi connectivity index (χ0) is 31.2. The second kappa shape index (κ2) is 15.0. The minimum Gasteiger partial charge on any atom is -0.487 e. The molecule has 9 nitrogen and oxygen atoms in total. The highest BCUT2D eigenvalue weighted by molar-refractivity contribution is 5.82. The van der Waals surface area contributed by atoms with Crippen LogP contribution in [0.5, 0.6) is 5.75 Å². The van der Waals surface area contributed by atoms with Gasteiger partial charge in [0.15, 0.2) is 0 Å². The number of ether oxygens (including phenoxy) is 1. The van der Waals surface area contributed by atoms with Crippen molar-refractivity contribution in [1.82, 2.24) is 30.6 Å². The number of aromatic nitrogens is 2. The van der Waals surface area contributed by atoms with Gasteiger partial charge in [0.1, 0.15) is 12.4 Å². The van der Waals surface area contributed by atoms with Gasteiger partial charge < -0.3 is 25.8 Å². The first-order valence-corrected chi connectivity index (χ1v) is 17.8. The van der Waals surface area contributed by atoms with Crippen molar-refractivity contribution in [3.05, 3.63) is 46.8 Å². The Kier molecular flexibility index (Phi) is 10.8. The summed E-state index contributed by atoms with van der Waals surface area (Å²) in [6.07, 6.45) is 17.3. The van der Waals surface area contributed by atoms with Gasteiger partial charge in [0.2, 0.25) is 5.91 Å². The lowest BCUT2D eigenvalue weighted by Crippen LogP contribution is -2.64. The first-order chi connectivity index (χ1) is 21.9. The van der Waals surface area contributed by atoms with Gasteiger partial charge in [-0.2, -0.15) is 5.10 Å². The summed E-state index contributed by atoms with van der Waals surface area (Å²) in [6.45, 7) is 6.06. The summed E-state index contributed by atoms with van der Waals surface area (Å²) in [5, 5.41) is 26.0. The molecule has 1 aromatic carbocycles. The predicted octanol–water partition coefficient (Wildman–Crippen LogP) is 4.14. The molecule has 1 saturated heterocycles. The fraction of sp³-hybridized carbons (Fsp3) is 0.722. The average Bonchev–Trinajstić information content (AvgIpc) is 3.47. The number of carbonyl (C=O) groups excluding carboxylic acids is 1. The number of hydrogen-bond acceptors (Lipinski definition) is 7. The number of carbonyl (C=O) groups is 1. The van der Waals surface area contributed by atoms with Gasteiger partial charge in [0.05, 0.1) is 17.8 Å². The van der Waals surface area contributed by atoms with E-state index in [-0.39, 0.29) is 23.9 Å². The van der Waals surface area contributed by atoms with Crippen LogP contribution < -0.4 is 20.7 Å². The van der Waals surface area contributed by atoms with Crippen molar-refractivity contribution in [2.45, 2.75) is 128 Å². The number of rotatable bonds is 10. The van der Waals surface area contributed by atoms with Crippen LogP contribution in [0.25, 0.3) is 0 Å². The number of fused-ring (bicyclic) bond motifs is 1. The van der Waals surface area contributed by atoms with Gasteiger partial charge >= 0.3 is 0 Å². The number of benzene rings is 1. The lowest BCUT2D eigenvalue weighted by Gasteiger charge is -2.50. The quantitative estimate of drug-likeness (QED) is 0.317. The van der Waals surface area contributed by atoms with Gasteiger partial charge in [-0.15, -0.1) is 0 Å². The van der Waals surface area contributed by atoms with Crippen LogP contribution in [-0.2, 0) is 31.4 Å². The molecule has 2 unspecified atom stereocenters. The molecule has 4 N–H and O–H groups in total. The van der Waals surface area contributed by atoms with E-state index in [1.165, 1.54) is 87.3 Å². The van der Waals surface area contributed by atoms with E-state index in [9.17, 15) is 9.90 Å². The molecule has 3 fully saturated rings. The van der Waals surface area contributed by atoms with E-state index < -0.39 is 6.10 Å². The Morgan fingerprint density at radius 3 is 2.62 bits per heavy atom. The molecule has 3 heterocycles. The molecule has 45 heavy (non-hydrogen) atoms. The number of amides is 1. The first kappa shape index (κ1) is 32.5. The Balaban J connectivity index is 0.984. The SMILES string of the molecule is Cc1c(OCc2ccnn2C)ccc2c1CCN(C[C@@H](O)CNC(=O)C1CC(NC3CCC3)C3(CCCCCCCC3)CN1)C2. The first-order valence-electron chi connectivity index (χ1n) is 17.8. The summed E-state index contributed by atoms with van der Waals surface area (Å²) in [5.74, 6) is 0.953. The van der Waals surface area contributed by atoms with E-state index in [0.29, 0.717) is 25.2 Å². The van der Waals surface area contributed by atoms with Crippen molar-refractivity contribution in [2.24, 2.45) is 12.5 Å². The Morgan fingerprint density at radius 2 is 1.91 bits per heavy atom. The summed E-state index contributed by atoms with van der Waals surface area (Å²) >= 11 is 0. The molecule has 6 rings (SSSR count). The summed E-state index contributed by atoms with van der Waals surface area (Å²) in [4.78, 5) is 15.7. The van der Waals surface area contributed by atoms with Crippen molar-refractivity contribution >= 4 is 5.91 Å². The van der Waals surface area contributed by atoms with Crippen molar-refractivity contribution in [2.75, 3.05) is 26.2 Å². The van der Waals surface area contributed by atoms with E-state index in [1.54, 1.807) is 6.20 Å². The van der Waals surface area contributed by atoms with Gasteiger partial charge in [0, 0.05) is 58.1 Å². The van der Waals surface area contributed by atoms with Crippen molar-refractivity contribution in [3.63, 3.8) is 0 Å². The summed E-state index contributed by atoms with van der Waals surface area (Å²) in [7, 11) is 1.93. The number of hydrogen-bond donors (Lipinski definition) is 4. The van der Waals surface area contributed by atoms with E-state index >= 15 is 0 Å². The van der Waals surface area contributed by atoms with Crippen LogP contribution in [0.4, 0.5) is 0 Å². The van der Waals surface area contributed by atoms with Crippen LogP contribution in [0.3, 0.4) is 0 Å². The van der Waals surface area contributed by atoms with Crippen LogP contribution in [0.15, 0.2) is 24.4 Å². The minimum absolute atomic E-state index is 0.0330. The number of piperidine rings is 1. The Morgan fingerprint density at radius 1 is 1.13 bits per heavy atom. The number of β-amino-alcohol motifs (C(OH)–C–C–N with tert-alkyl or cyclic N) is 1. The molecule has 1 amide bonds. The standard InChI is InChI=1S/C36H56N6O3/c1-26-31-15-19-42(22-27(31)12-13-33(26)45-24-29-14-18-39-41(29)2)23-30(43)21-37-35(44)32-20-34(40-28-10-9-11-28)36(25-38-32)16-7-5-3-4-6-8-17-36/h12-14,18,28,30,32,34,38,40,43H,3-11,15-17,19-25H2,1-2H3,(H,37,44)/t30-,32?,34?/m0/s1. The van der Waals surface area contributed by atoms with Crippen LogP contribution in [-0.4, -0.2) is 76.1 Å².